The van der Waals surface area contributed by atoms with E-state index < -0.39 is 0 Å². The van der Waals surface area contributed by atoms with Crippen molar-refractivity contribution in [3.63, 3.8) is 0 Å². The Labute approximate surface area is 70.4 Å². The minimum Gasteiger partial charge on any atom is -0.330 e. The van der Waals surface area contributed by atoms with E-state index in [2.05, 4.69) is 27.7 Å². The van der Waals surface area contributed by atoms with E-state index in [4.69, 9.17) is 5.73 Å². The number of hydrogen-bond donors (Lipinski definition) is 1. The van der Waals surface area contributed by atoms with Crippen LogP contribution in [0.5, 0.6) is 0 Å². The molecule has 1 rings (SSSR count). The Bertz CT molecular complexity index is 138. The molecule has 0 heterocycles. The van der Waals surface area contributed by atoms with Gasteiger partial charge in [-0.1, -0.05) is 27.7 Å². The molecule has 0 spiro atoms. The lowest BCUT2D eigenvalue weighted by Gasteiger charge is -2.04. The van der Waals surface area contributed by atoms with Crippen molar-refractivity contribution in [2.24, 2.45) is 28.9 Å². The third-order valence-corrected chi connectivity index (χ3v) is 3.27. The molecular weight excluding hydrogens is 134 g/mol. The van der Waals surface area contributed by atoms with Gasteiger partial charge in [0.2, 0.25) is 0 Å². The highest BCUT2D eigenvalue weighted by molar-refractivity contribution is 5.05. The molecule has 0 radical (unpaired) electrons. The third-order valence-electron chi connectivity index (χ3n) is 3.27. The molecule has 0 bridgehead atoms. The van der Waals surface area contributed by atoms with Crippen molar-refractivity contribution in [2.75, 3.05) is 6.54 Å². The molecule has 0 saturated heterocycles. The molecule has 0 amide bonds. The van der Waals surface area contributed by atoms with E-state index in [1.165, 1.54) is 6.42 Å². The Morgan fingerprint density at radius 3 is 2.09 bits per heavy atom. The summed E-state index contributed by atoms with van der Waals surface area (Å²) in [7, 11) is 0. The van der Waals surface area contributed by atoms with Gasteiger partial charge in [0.25, 0.3) is 0 Å². The molecule has 0 aromatic heterocycles. The predicted molar refractivity (Wildman–Crippen MR) is 49.3 cm³/mol. The summed E-state index contributed by atoms with van der Waals surface area (Å²) in [6.07, 6.45) is 1.36. The minimum absolute atomic E-state index is 0.541. The summed E-state index contributed by atoms with van der Waals surface area (Å²) in [5.41, 5.74) is 6.22. The van der Waals surface area contributed by atoms with Crippen LogP contribution in [-0.2, 0) is 0 Å². The summed E-state index contributed by atoms with van der Waals surface area (Å²) in [5.74, 6) is 2.52. The van der Waals surface area contributed by atoms with Crippen LogP contribution >= 0.6 is 0 Å². The molecule has 1 heteroatoms. The lowest BCUT2D eigenvalue weighted by molar-refractivity contribution is 0.462. The molecule has 1 fully saturated rings. The van der Waals surface area contributed by atoms with E-state index in [0.29, 0.717) is 5.41 Å². The van der Waals surface area contributed by atoms with Crippen LogP contribution in [0.2, 0.25) is 0 Å². The van der Waals surface area contributed by atoms with Crippen LogP contribution in [0.1, 0.15) is 34.1 Å². The molecule has 1 saturated carbocycles. The Balaban J connectivity index is 2.39. The Hall–Kier alpha value is -0.0400. The number of hydrogen-bond acceptors (Lipinski definition) is 1. The summed E-state index contributed by atoms with van der Waals surface area (Å²) in [4.78, 5) is 0. The highest BCUT2D eigenvalue weighted by atomic mass is 14.7. The van der Waals surface area contributed by atoms with E-state index in [-0.39, 0.29) is 0 Å². The Morgan fingerprint density at radius 2 is 1.82 bits per heavy atom. The van der Waals surface area contributed by atoms with Gasteiger partial charge in [-0.3, -0.25) is 0 Å². The summed E-state index contributed by atoms with van der Waals surface area (Å²) in [5, 5.41) is 0. The van der Waals surface area contributed by atoms with Gasteiger partial charge in [0.15, 0.2) is 0 Å². The molecule has 2 atom stereocenters. The zero-order valence-electron chi connectivity index (χ0n) is 8.22. The van der Waals surface area contributed by atoms with Crippen LogP contribution in [0.15, 0.2) is 0 Å². The Morgan fingerprint density at radius 1 is 1.27 bits per heavy atom. The van der Waals surface area contributed by atoms with Gasteiger partial charge >= 0.3 is 0 Å². The highest BCUT2D eigenvalue weighted by Gasteiger charge is 2.55. The molecule has 1 aliphatic carbocycles. The fraction of sp³-hybridized carbons (Fsp3) is 1.00. The van der Waals surface area contributed by atoms with Crippen molar-refractivity contribution >= 4 is 0 Å². The van der Waals surface area contributed by atoms with E-state index >= 15 is 0 Å². The van der Waals surface area contributed by atoms with Gasteiger partial charge in [0, 0.05) is 0 Å². The van der Waals surface area contributed by atoms with Gasteiger partial charge in [-0.05, 0) is 36.1 Å². The Kier molecular flexibility index (Phi) is 2.29. The molecule has 0 unspecified atom stereocenters. The van der Waals surface area contributed by atoms with E-state index in [9.17, 15) is 0 Å². The average Bonchev–Trinajstić information content (AvgIpc) is 2.33. The average molecular weight is 155 g/mol. The largest absolute Gasteiger partial charge is 0.330 e. The zero-order valence-corrected chi connectivity index (χ0v) is 8.22. The van der Waals surface area contributed by atoms with Crippen molar-refractivity contribution in [3.05, 3.63) is 0 Å². The van der Waals surface area contributed by atoms with Crippen LogP contribution < -0.4 is 5.73 Å². The van der Waals surface area contributed by atoms with Crippen LogP contribution in [0.3, 0.4) is 0 Å². The monoisotopic (exact) mass is 155 g/mol. The zero-order chi connectivity index (χ0) is 8.65. The quantitative estimate of drug-likeness (QED) is 0.664. The maximum Gasteiger partial charge on any atom is -0.00408 e. The number of nitrogens with two attached hydrogens (primary N) is 1. The first-order valence-electron chi connectivity index (χ1n) is 4.70. The first-order valence-corrected chi connectivity index (χ1v) is 4.70. The summed E-state index contributed by atoms with van der Waals surface area (Å²) < 4.78 is 0. The van der Waals surface area contributed by atoms with Crippen LogP contribution in [-0.4, -0.2) is 6.54 Å². The summed E-state index contributed by atoms with van der Waals surface area (Å²) in [6, 6.07) is 0. The minimum atomic E-state index is 0.541. The molecule has 66 valence electrons. The van der Waals surface area contributed by atoms with Gasteiger partial charge in [0.05, 0.1) is 0 Å². The third kappa shape index (κ3) is 1.58. The highest BCUT2D eigenvalue weighted by Crippen LogP contribution is 2.60. The van der Waals surface area contributed by atoms with Crippen molar-refractivity contribution < 1.29 is 0 Å². The molecule has 0 aromatic carbocycles. The second-order valence-electron chi connectivity index (χ2n) is 4.90. The molecule has 0 aromatic rings. The maximum absolute atomic E-state index is 5.68. The first-order chi connectivity index (χ1) is 5.00. The maximum atomic E-state index is 5.68. The smallest absolute Gasteiger partial charge is 0.00408 e. The van der Waals surface area contributed by atoms with Crippen LogP contribution in [0.25, 0.3) is 0 Å². The SMILES string of the molecule is CC(C)C[C@@H]1[C@@H](CN)C1(C)C. The first kappa shape index (κ1) is 9.05. The molecule has 2 N–H and O–H groups in total. The van der Waals surface area contributed by atoms with Crippen LogP contribution in [0.4, 0.5) is 0 Å². The lowest BCUT2D eigenvalue weighted by Crippen LogP contribution is -2.05. The summed E-state index contributed by atoms with van der Waals surface area (Å²) in [6.45, 7) is 10.2. The van der Waals surface area contributed by atoms with E-state index in [1.807, 2.05) is 0 Å². The second-order valence-corrected chi connectivity index (χ2v) is 4.90. The molecule has 1 aliphatic rings. The molecular formula is C10H21N. The standard InChI is InChI=1S/C10H21N/c1-7(2)5-8-9(6-11)10(8,3)4/h7-9H,5-6,11H2,1-4H3/t8-,9-/m1/s1. The van der Waals surface area contributed by atoms with Gasteiger partial charge in [0.1, 0.15) is 0 Å². The predicted octanol–water partition coefficient (Wildman–Crippen LogP) is 2.26. The fourth-order valence-electron chi connectivity index (χ4n) is 2.30. The van der Waals surface area contributed by atoms with E-state index in [0.717, 1.165) is 24.3 Å². The summed E-state index contributed by atoms with van der Waals surface area (Å²) >= 11 is 0. The van der Waals surface area contributed by atoms with Gasteiger partial charge < -0.3 is 5.73 Å². The van der Waals surface area contributed by atoms with Gasteiger partial charge in [-0.2, -0.15) is 0 Å². The van der Waals surface area contributed by atoms with Crippen LogP contribution in [0, 0.1) is 23.2 Å². The van der Waals surface area contributed by atoms with E-state index in [1.54, 1.807) is 0 Å². The number of rotatable bonds is 3. The molecule has 0 aliphatic heterocycles. The fourth-order valence-corrected chi connectivity index (χ4v) is 2.30. The van der Waals surface area contributed by atoms with Crippen molar-refractivity contribution in [1.29, 1.82) is 0 Å². The van der Waals surface area contributed by atoms with Gasteiger partial charge in [-0.15, -0.1) is 0 Å². The normalized spacial score (nSPS) is 34.4. The van der Waals surface area contributed by atoms with Crippen molar-refractivity contribution in [2.45, 2.75) is 34.1 Å². The topological polar surface area (TPSA) is 26.0 Å². The van der Waals surface area contributed by atoms with Crippen molar-refractivity contribution in [3.8, 4) is 0 Å². The molecule has 11 heavy (non-hydrogen) atoms. The second kappa shape index (κ2) is 2.78. The molecule has 1 nitrogen and oxygen atoms in total. The van der Waals surface area contributed by atoms with Crippen molar-refractivity contribution in [1.82, 2.24) is 0 Å². The van der Waals surface area contributed by atoms with Gasteiger partial charge in [-0.25, -0.2) is 0 Å². The lowest BCUT2D eigenvalue weighted by atomic mass is 10.0.